The lowest BCUT2D eigenvalue weighted by Crippen LogP contribution is -2.00. The lowest BCUT2D eigenvalue weighted by molar-refractivity contribution is 0.167. The molecule has 1 heterocycles. The lowest BCUT2D eigenvalue weighted by Gasteiger charge is -2.10. The van der Waals surface area contributed by atoms with Crippen LogP contribution < -0.4 is 0 Å². The predicted octanol–water partition coefficient (Wildman–Crippen LogP) is 3.69. The third-order valence-corrected chi connectivity index (χ3v) is 3.29. The van der Waals surface area contributed by atoms with Gasteiger partial charge in [0.15, 0.2) is 0 Å². The highest BCUT2D eigenvalue weighted by molar-refractivity contribution is 7.07. The molecule has 0 saturated carbocycles. The molecule has 0 radical (unpaired) electrons. The van der Waals surface area contributed by atoms with Crippen molar-refractivity contribution in [2.45, 2.75) is 18.9 Å². The Bertz CT molecular complexity index is 462. The van der Waals surface area contributed by atoms with Crippen LogP contribution in [0, 0.1) is 11.6 Å². The van der Waals surface area contributed by atoms with E-state index in [1.807, 2.05) is 16.8 Å². The van der Waals surface area contributed by atoms with Gasteiger partial charge >= 0.3 is 0 Å². The van der Waals surface area contributed by atoms with E-state index in [0.29, 0.717) is 12.8 Å². The van der Waals surface area contributed by atoms with Gasteiger partial charge in [0, 0.05) is 6.07 Å². The van der Waals surface area contributed by atoms with E-state index in [2.05, 4.69) is 0 Å². The highest BCUT2D eigenvalue weighted by atomic mass is 32.1. The molecular formula is C13H12F2OS. The van der Waals surface area contributed by atoms with E-state index in [1.165, 1.54) is 12.1 Å². The maximum absolute atomic E-state index is 13.0. The molecule has 1 unspecified atom stereocenters. The van der Waals surface area contributed by atoms with Crippen LogP contribution in [0.15, 0.2) is 35.0 Å². The monoisotopic (exact) mass is 254 g/mol. The lowest BCUT2D eigenvalue weighted by atomic mass is 10.0. The van der Waals surface area contributed by atoms with Crippen LogP contribution in [0.4, 0.5) is 8.78 Å². The molecule has 0 spiro atoms. The molecule has 1 N–H and O–H groups in total. The Morgan fingerprint density at radius 1 is 1.18 bits per heavy atom. The maximum atomic E-state index is 13.0. The number of hydrogen-bond donors (Lipinski definition) is 1. The summed E-state index contributed by atoms with van der Waals surface area (Å²) in [6, 6.07) is 5.11. The number of hydrogen-bond acceptors (Lipinski definition) is 2. The molecule has 0 aliphatic heterocycles. The molecule has 1 atom stereocenters. The average molecular weight is 254 g/mol. The average Bonchev–Trinajstić information content (AvgIpc) is 2.77. The Kier molecular flexibility index (Phi) is 3.86. The molecule has 2 rings (SSSR count). The summed E-state index contributed by atoms with van der Waals surface area (Å²) in [4.78, 5) is 0. The molecule has 0 amide bonds. The number of aryl methyl sites for hydroxylation is 1. The van der Waals surface area contributed by atoms with E-state index in [9.17, 15) is 13.9 Å². The van der Waals surface area contributed by atoms with Gasteiger partial charge in [-0.15, -0.1) is 0 Å². The molecule has 0 bridgehead atoms. The Hall–Kier alpha value is -1.26. The van der Waals surface area contributed by atoms with Crippen molar-refractivity contribution in [3.05, 3.63) is 57.8 Å². The van der Waals surface area contributed by atoms with Gasteiger partial charge in [-0.05, 0) is 52.9 Å². The van der Waals surface area contributed by atoms with Gasteiger partial charge in [0.25, 0.3) is 0 Å². The van der Waals surface area contributed by atoms with E-state index < -0.39 is 17.7 Å². The maximum Gasteiger partial charge on any atom is 0.126 e. The minimum atomic E-state index is -0.833. The fourth-order valence-corrected chi connectivity index (χ4v) is 2.38. The number of thiophene rings is 1. The third kappa shape index (κ3) is 3.35. The van der Waals surface area contributed by atoms with E-state index >= 15 is 0 Å². The first-order valence-electron chi connectivity index (χ1n) is 5.30. The van der Waals surface area contributed by atoms with Crippen LogP contribution in [-0.2, 0) is 6.42 Å². The molecule has 17 heavy (non-hydrogen) atoms. The summed E-state index contributed by atoms with van der Waals surface area (Å²) >= 11 is 1.59. The summed E-state index contributed by atoms with van der Waals surface area (Å²) in [5, 5.41) is 13.8. The van der Waals surface area contributed by atoms with Gasteiger partial charge in [0.1, 0.15) is 11.6 Å². The van der Waals surface area contributed by atoms with Crippen molar-refractivity contribution in [2.24, 2.45) is 0 Å². The van der Waals surface area contributed by atoms with Crippen molar-refractivity contribution in [2.75, 3.05) is 0 Å². The molecule has 1 aromatic heterocycles. The second-order valence-electron chi connectivity index (χ2n) is 3.89. The second kappa shape index (κ2) is 5.38. The van der Waals surface area contributed by atoms with Crippen LogP contribution in [-0.4, -0.2) is 5.11 Å². The molecule has 0 saturated heterocycles. The Labute approximate surface area is 102 Å². The van der Waals surface area contributed by atoms with Gasteiger partial charge < -0.3 is 5.11 Å². The van der Waals surface area contributed by atoms with E-state index in [0.717, 1.165) is 11.6 Å². The molecule has 90 valence electrons. The molecule has 0 fully saturated rings. The number of aliphatic hydroxyl groups is 1. The zero-order valence-electron chi connectivity index (χ0n) is 9.07. The summed E-state index contributed by atoms with van der Waals surface area (Å²) in [5.41, 5.74) is 1.42. The minimum absolute atomic E-state index is 0.290. The predicted molar refractivity (Wildman–Crippen MR) is 64.0 cm³/mol. The van der Waals surface area contributed by atoms with Crippen molar-refractivity contribution in [3.8, 4) is 0 Å². The van der Waals surface area contributed by atoms with Crippen molar-refractivity contribution < 1.29 is 13.9 Å². The van der Waals surface area contributed by atoms with E-state index in [1.54, 1.807) is 11.3 Å². The molecule has 1 nitrogen and oxygen atoms in total. The fourth-order valence-electron chi connectivity index (χ4n) is 1.67. The zero-order valence-corrected chi connectivity index (χ0v) is 9.88. The summed E-state index contributed by atoms with van der Waals surface area (Å²) in [5.74, 6) is -1.32. The summed E-state index contributed by atoms with van der Waals surface area (Å²) in [7, 11) is 0. The number of halogens is 2. The molecule has 2 aromatic rings. The van der Waals surface area contributed by atoms with Gasteiger partial charge in [-0.3, -0.25) is 0 Å². The van der Waals surface area contributed by atoms with Crippen LogP contribution >= 0.6 is 11.3 Å². The highest BCUT2D eigenvalue weighted by Crippen LogP contribution is 2.21. The third-order valence-electron chi connectivity index (χ3n) is 2.56. The van der Waals surface area contributed by atoms with Crippen molar-refractivity contribution in [3.63, 3.8) is 0 Å². The first kappa shape index (κ1) is 12.2. The number of aliphatic hydroxyl groups excluding tert-OH is 1. The fraction of sp³-hybridized carbons (Fsp3) is 0.231. The first-order valence-corrected chi connectivity index (χ1v) is 6.24. The number of rotatable bonds is 4. The van der Waals surface area contributed by atoms with Gasteiger partial charge in [-0.1, -0.05) is 0 Å². The van der Waals surface area contributed by atoms with Crippen LogP contribution in [0.25, 0.3) is 0 Å². The summed E-state index contributed by atoms with van der Waals surface area (Å²) in [6.07, 6.45) is 0.322. The van der Waals surface area contributed by atoms with Crippen molar-refractivity contribution in [1.29, 1.82) is 0 Å². The smallest absolute Gasteiger partial charge is 0.126 e. The Balaban J connectivity index is 2.01. The minimum Gasteiger partial charge on any atom is -0.388 e. The van der Waals surface area contributed by atoms with Crippen molar-refractivity contribution in [1.82, 2.24) is 0 Å². The van der Waals surface area contributed by atoms with Crippen LogP contribution in [0.1, 0.15) is 23.7 Å². The topological polar surface area (TPSA) is 20.2 Å². The molecule has 1 aromatic carbocycles. The van der Waals surface area contributed by atoms with E-state index in [4.69, 9.17) is 0 Å². The van der Waals surface area contributed by atoms with Gasteiger partial charge in [-0.25, -0.2) is 8.78 Å². The van der Waals surface area contributed by atoms with Gasteiger partial charge in [0.05, 0.1) is 6.10 Å². The Morgan fingerprint density at radius 2 is 1.88 bits per heavy atom. The zero-order chi connectivity index (χ0) is 12.3. The van der Waals surface area contributed by atoms with Crippen LogP contribution in [0.5, 0.6) is 0 Å². The first-order chi connectivity index (χ1) is 8.15. The van der Waals surface area contributed by atoms with Gasteiger partial charge in [0.2, 0.25) is 0 Å². The standard InChI is InChI=1S/C13H12F2OS/c14-11-5-10(6-12(15)7-11)13(16)2-1-9-3-4-17-8-9/h3-8,13,16H,1-2H2. The van der Waals surface area contributed by atoms with Crippen LogP contribution in [0.3, 0.4) is 0 Å². The molecular weight excluding hydrogens is 242 g/mol. The van der Waals surface area contributed by atoms with E-state index in [-0.39, 0.29) is 5.56 Å². The normalized spacial score (nSPS) is 12.6. The molecule has 4 heteroatoms. The Morgan fingerprint density at radius 3 is 2.47 bits per heavy atom. The quantitative estimate of drug-likeness (QED) is 0.882. The van der Waals surface area contributed by atoms with Crippen LogP contribution in [0.2, 0.25) is 0 Å². The summed E-state index contributed by atoms with van der Waals surface area (Å²) in [6.45, 7) is 0. The molecule has 0 aliphatic rings. The second-order valence-corrected chi connectivity index (χ2v) is 4.67. The largest absolute Gasteiger partial charge is 0.388 e. The summed E-state index contributed by atoms with van der Waals surface area (Å²) < 4.78 is 25.9. The SMILES string of the molecule is OC(CCc1ccsc1)c1cc(F)cc(F)c1. The van der Waals surface area contributed by atoms with Crippen molar-refractivity contribution >= 4 is 11.3 Å². The number of benzene rings is 1. The van der Waals surface area contributed by atoms with Gasteiger partial charge in [-0.2, -0.15) is 11.3 Å². The molecule has 0 aliphatic carbocycles. The highest BCUT2D eigenvalue weighted by Gasteiger charge is 2.10.